The maximum atomic E-state index is 11.8. The first-order valence-corrected chi connectivity index (χ1v) is 6.94. The summed E-state index contributed by atoms with van der Waals surface area (Å²) in [6.07, 6.45) is 0. The molecule has 0 bridgehead atoms. The molecule has 2 rings (SSSR count). The second kappa shape index (κ2) is 6.06. The molecule has 0 aliphatic rings. The van der Waals surface area contributed by atoms with Crippen molar-refractivity contribution in [1.82, 2.24) is 10.6 Å². The average Bonchev–Trinajstić information content (AvgIpc) is 2.42. The van der Waals surface area contributed by atoms with Gasteiger partial charge in [-0.3, -0.25) is 4.79 Å². The zero-order valence-electron chi connectivity index (χ0n) is 12.4. The molecule has 3 nitrogen and oxygen atoms in total. The summed E-state index contributed by atoms with van der Waals surface area (Å²) >= 11 is 0. The highest BCUT2D eigenvalue weighted by atomic mass is 16.1. The van der Waals surface area contributed by atoms with Gasteiger partial charge in [0.15, 0.2) is 0 Å². The third-order valence-electron chi connectivity index (χ3n) is 3.14. The molecule has 0 aromatic heterocycles. The molecule has 2 aromatic rings. The molecule has 2 aromatic carbocycles. The Morgan fingerprint density at radius 3 is 2.50 bits per heavy atom. The van der Waals surface area contributed by atoms with Gasteiger partial charge in [0.2, 0.25) is 5.91 Å². The van der Waals surface area contributed by atoms with Gasteiger partial charge in [-0.25, -0.2) is 0 Å². The molecule has 3 heteroatoms. The SMILES string of the molecule is CC(C)(C)NCC(=O)NCc1cccc2ccccc12. The minimum absolute atomic E-state index is 0.0212. The van der Waals surface area contributed by atoms with Crippen LogP contribution in [0.3, 0.4) is 0 Å². The second-order valence-electron chi connectivity index (χ2n) is 6.02. The van der Waals surface area contributed by atoms with Crippen LogP contribution >= 0.6 is 0 Å². The largest absolute Gasteiger partial charge is 0.351 e. The number of fused-ring (bicyclic) bond motifs is 1. The van der Waals surface area contributed by atoms with E-state index in [2.05, 4.69) is 34.9 Å². The molecule has 1 amide bonds. The summed E-state index contributed by atoms with van der Waals surface area (Å²) in [6, 6.07) is 14.4. The fraction of sp³-hybridized carbons (Fsp3) is 0.353. The molecule has 0 heterocycles. The van der Waals surface area contributed by atoms with Crippen LogP contribution in [0.4, 0.5) is 0 Å². The fourth-order valence-electron chi connectivity index (χ4n) is 2.05. The summed E-state index contributed by atoms with van der Waals surface area (Å²) in [5, 5.41) is 8.54. The Bertz CT molecular complexity index is 594. The lowest BCUT2D eigenvalue weighted by Gasteiger charge is -2.20. The molecule has 0 aliphatic carbocycles. The zero-order valence-corrected chi connectivity index (χ0v) is 12.4. The molecular weight excluding hydrogens is 248 g/mol. The summed E-state index contributed by atoms with van der Waals surface area (Å²) in [4.78, 5) is 11.8. The molecule has 0 spiro atoms. The van der Waals surface area contributed by atoms with E-state index in [0.717, 1.165) is 5.56 Å². The molecule has 2 N–H and O–H groups in total. The van der Waals surface area contributed by atoms with Crippen molar-refractivity contribution in [3.63, 3.8) is 0 Å². The number of nitrogens with one attached hydrogen (secondary N) is 2. The molecule has 0 unspecified atom stereocenters. The standard InChI is InChI=1S/C17H22N2O/c1-17(2,3)19-12-16(20)18-11-14-9-6-8-13-7-4-5-10-15(13)14/h4-10,19H,11-12H2,1-3H3,(H,18,20). The Balaban J connectivity index is 1.98. The van der Waals surface area contributed by atoms with Gasteiger partial charge in [0.05, 0.1) is 6.54 Å². The highest BCUT2D eigenvalue weighted by Gasteiger charge is 2.11. The van der Waals surface area contributed by atoms with Gasteiger partial charge in [-0.2, -0.15) is 0 Å². The summed E-state index contributed by atoms with van der Waals surface area (Å²) in [6.45, 7) is 7.04. The lowest BCUT2D eigenvalue weighted by Crippen LogP contribution is -2.43. The van der Waals surface area contributed by atoms with Crippen LogP contribution in [0, 0.1) is 0 Å². The van der Waals surface area contributed by atoms with Crippen LogP contribution in [0.25, 0.3) is 10.8 Å². The molecular formula is C17H22N2O. The Hall–Kier alpha value is -1.87. The highest BCUT2D eigenvalue weighted by molar-refractivity contribution is 5.86. The van der Waals surface area contributed by atoms with Crippen LogP contribution in [-0.4, -0.2) is 18.0 Å². The summed E-state index contributed by atoms with van der Waals surface area (Å²) in [5.41, 5.74) is 1.10. The number of amides is 1. The van der Waals surface area contributed by atoms with Gasteiger partial charge in [-0.05, 0) is 37.1 Å². The van der Waals surface area contributed by atoms with Crippen LogP contribution in [0.15, 0.2) is 42.5 Å². The molecule has 0 saturated heterocycles. The van der Waals surface area contributed by atoms with Gasteiger partial charge in [0.1, 0.15) is 0 Å². The van der Waals surface area contributed by atoms with E-state index in [0.29, 0.717) is 13.1 Å². The van der Waals surface area contributed by atoms with Crippen molar-refractivity contribution in [3.05, 3.63) is 48.0 Å². The molecule has 0 fully saturated rings. The molecule has 0 radical (unpaired) electrons. The number of rotatable bonds is 4. The van der Waals surface area contributed by atoms with Crippen molar-refractivity contribution in [2.75, 3.05) is 6.54 Å². The lowest BCUT2D eigenvalue weighted by atomic mass is 10.0. The average molecular weight is 270 g/mol. The van der Waals surface area contributed by atoms with E-state index in [4.69, 9.17) is 0 Å². The van der Waals surface area contributed by atoms with Gasteiger partial charge in [-0.15, -0.1) is 0 Å². The van der Waals surface area contributed by atoms with Crippen LogP contribution in [0.2, 0.25) is 0 Å². The number of hydrogen-bond donors (Lipinski definition) is 2. The maximum Gasteiger partial charge on any atom is 0.234 e. The van der Waals surface area contributed by atoms with Crippen molar-refractivity contribution in [2.24, 2.45) is 0 Å². The number of hydrogen-bond acceptors (Lipinski definition) is 2. The van der Waals surface area contributed by atoms with E-state index in [1.54, 1.807) is 0 Å². The Morgan fingerprint density at radius 1 is 1.05 bits per heavy atom. The molecule has 20 heavy (non-hydrogen) atoms. The lowest BCUT2D eigenvalue weighted by molar-refractivity contribution is -0.120. The van der Waals surface area contributed by atoms with E-state index < -0.39 is 0 Å². The quantitative estimate of drug-likeness (QED) is 0.897. The van der Waals surface area contributed by atoms with Gasteiger partial charge in [-0.1, -0.05) is 42.5 Å². The van der Waals surface area contributed by atoms with Crippen molar-refractivity contribution < 1.29 is 4.79 Å². The number of carbonyl (C=O) groups is 1. The fourth-order valence-corrected chi connectivity index (χ4v) is 2.05. The van der Waals surface area contributed by atoms with Crippen molar-refractivity contribution >= 4 is 16.7 Å². The minimum atomic E-state index is -0.0449. The van der Waals surface area contributed by atoms with Crippen LogP contribution in [0.5, 0.6) is 0 Å². The van der Waals surface area contributed by atoms with Crippen molar-refractivity contribution in [3.8, 4) is 0 Å². The predicted molar refractivity (Wildman–Crippen MR) is 83.6 cm³/mol. The topological polar surface area (TPSA) is 41.1 Å². The van der Waals surface area contributed by atoms with Gasteiger partial charge < -0.3 is 10.6 Å². The summed E-state index contributed by atoms with van der Waals surface area (Å²) in [5.74, 6) is 0.0212. The van der Waals surface area contributed by atoms with Crippen LogP contribution < -0.4 is 10.6 Å². The van der Waals surface area contributed by atoms with Gasteiger partial charge in [0, 0.05) is 12.1 Å². The number of benzene rings is 2. The normalized spacial score (nSPS) is 11.6. The maximum absolute atomic E-state index is 11.8. The zero-order chi connectivity index (χ0) is 14.6. The van der Waals surface area contributed by atoms with Crippen LogP contribution in [0.1, 0.15) is 26.3 Å². The molecule has 106 valence electrons. The Kier molecular flexibility index (Phi) is 4.40. The first kappa shape index (κ1) is 14.5. The van der Waals surface area contributed by atoms with E-state index >= 15 is 0 Å². The Labute approximate surface area is 120 Å². The van der Waals surface area contributed by atoms with E-state index in [1.807, 2.05) is 39.0 Å². The first-order valence-electron chi connectivity index (χ1n) is 6.94. The van der Waals surface area contributed by atoms with Crippen molar-refractivity contribution in [1.29, 1.82) is 0 Å². The predicted octanol–water partition coefficient (Wildman–Crippen LogP) is 2.84. The Morgan fingerprint density at radius 2 is 1.75 bits per heavy atom. The van der Waals surface area contributed by atoms with Crippen LogP contribution in [-0.2, 0) is 11.3 Å². The van der Waals surface area contributed by atoms with Gasteiger partial charge in [0.25, 0.3) is 0 Å². The third kappa shape index (κ3) is 4.07. The molecule has 0 aliphatic heterocycles. The minimum Gasteiger partial charge on any atom is -0.351 e. The highest BCUT2D eigenvalue weighted by Crippen LogP contribution is 2.18. The molecule has 0 atom stereocenters. The van der Waals surface area contributed by atoms with Gasteiger partial charge >= 0.3 is 0 Å². The molecule has 0 saturated carbocycles. The second-order valence-corrected chi connectivity index (χ2v) is 6.02. The smallest absolute Gasteiger partial charge is 0.234 e. The van der Waals surface area contributed by atoms with Crippen molar-refractivity contribution in [2.45, 2.75) is 32.9 Å². The number of carbonyl (C=O) groups excluding carboxylic acids is 1. The van der Waals surface area contributed by atoms with E-state index in [1.165, 1.54) is 10.8 Å². The van der Waals surface area contributed by atoms with E-state index in [-0.39, 0.29) is 11.4 Å². The third-order valence-corrected chi connectivity index (χ3v) is 3.14. The first-order chi connectivity index (χ1) is 9.46. The summed E-state index contributed by atoms with van der Waals surface area (Å²) in [7, 11) is 0. The monoisotopic (exact) mass is 270 g/mol. The van der Waals surface area contributed by atoms with E-state index in [9.17, 15) is 4.79 Å². The summed E-state index contributed by atoms with van der Waals surface area (Å²) < 4.78 is 0.